The molecular formula is C17H16N2O4S. The Morgan fingerprint density at radius 3 is 2.88 bits per heavy atom. The summed E-state index contributed by atoms with van der Waals surface area (Å²) in [6.45, 7) is 3.92. The molecule has 0 saturated heterocycles. The van der Waals surface area contributed by atoms with Crippen LogP contribution in [0.5, 0.6) is 0 Å². The van der Waals surface area contributed by atoms with Crippen LogP contribution in [-0.2, 0) is 17.6 Å². The molecule has 2 N–H and O–H groups in total. The number of aryl methyl sites for hydroxylation is 2. The maximum atomic E-state index is 12.4. The Morgan fingerprint density at radius 2 is 2.17 bits per heavy atom. The number of carboxylic acid groups (broad SMARTS) is 1. The lowest BCUT2D eigenvalue weighted by Gasteiger charge is -1.99. The van der Waals surface area contributed by atoms with E-state index in [1.807, 2.05) is 25.1 Å². The van der Waals surface area contributed by atoms with Crippen LogP contribution < -0.4 is 5.32 Å². The molecule has 2 aromatic heterocycles. The van der Waals surface area contributed by atoms with Crippen molar-refractivity contribution < 1.29 is 19.1 Å². The number of carbonyl (C=O) groups excluding carboxylic acids is 1. The molecule has 1 aromatic carbocycles. The summed E-state index contributed by atoms with van der Waals surface area (Å²) in [6, 6.07) is 5.87. The number of fused-ring (bicyclic) bond motifs is 1. The molecule has 7 heteroatoms. The molecule has 0 radical (unpaired) electrons. The number of benzene rings is 1. The van der Waals surface area contributed by atoms with E-state index in [4.69, 9.17) is 9.52 Å². The Morgan fingerprint density at radius 1 is 1.38 bits per heavy atom. The number of amides is 1. The highest BCUT2D eigenvalue weighted by Gasteiger charge is 2.19. The van der Waals surface area contributed by atoms with E-state index in [2.05, 4.69) is 17.2 Å². The zero-order valence-electron chi connectivity index (χ0n) is 13.3. The van der Waals surface area contributed by atoms with E-state index in [-0.39, 0.29) is 12.2 Å². The molecule has 0 aliphatic heterocycles. The maximum Gasteiger partial charge on any atom is 0.309 e. The standard InChI is InChI=1S/C17H16N2O4S/c1-3-10-4-5-13-12(6-10)9(2)15(23-13)16(22)19-17-18-11(8-24-17)7-14(20)21/h4-6,8H,3,7H2,1-2H3,(H,20,21)(H,18,19,22). The lowest BCUT2D eigenvalue weighted by molar-refractivity contribution is -0.136. The first-order valence-electron chi connectivity index (χ1n) is 7.47. The molecule has 2 heterocycles. The van der Waals surface area contributed by atoms with Crippen molar-refractivity contribution in [2.45, 2.75) is 26.7 Å². The molecular weight excluding hydrogens is 328 g/mol. The SMILES string of the molecule is CCc1ccc2oc(C(=O)Nc3nc(CC(=O)O)cs3)c(C)c2c1. The van der Waals surface area contributed by atoms with Gasteiger partial charge in [0, 0.05) is 16.3 Å². The summed E-state index contributed by atoms with van der Waals surface area (Å²) in [4.78, 5) is 27.2. The van der Waals surface area contributed by atoms with Crippen LogP contribution in [0.15, 0.2) is 28.0 Å². The van der Waals surface area contributed by atoms with Crippen molar-refractivity contribution in [1.82, 2.24) is 4.98 Å². The normalized spacial score (nSPS) is 10.9. The first kappa shape index (κ1) is 16.2. The Kier molecular flexibility index (Phi) is 4.35. The first-order valence-corrected chi connectivity index (χ1v) is 8.35. The fraction of sp³-hybridized carbons (Fsp3) is 0.235. The van der Waals surface area contributed by atoms with Crippen molar-refractivity contribution in [2.24, 2.45) is 0 Å². The zero-order chi connectivity index (χ0) is 17.3. The van der Waals surface area contributed by atoms with Gasteiger partial charge in [0.15, 0.2) is 10.9 Å². The van der Waals surface area contributed by atoms with Crippen LogP contribution in [0.4, 0.5) is 5.13 Å². The van der Waals surface area contributed by atoms with Gasteiger partial charge in [-0.1, -0.05) is 13.0 Å². The number of aromatic nitrogens is 1. The first-order chi connectivity index (χ1) is 11.5. The summed E-state index contributed by atoms with van der Waals surface area (Å²) in [7, 11) is 0. The Labute approximate surface area is 142 Å². The second-order valence-corrected chi connectivity index (χ2v) is 6.27. The highest BCUT2D eigenvalue weighted by atomic mass is 32.1. The number of hydrogen-bond donors (Lipinski definition) is 2. The molecule has 124 valence electrons. The summed E-state index contributed by atoms with van der Waals surface area (Å²) in [5, 5.41) is 14.3. The van der Waals surface area contributed by atoms with Gasteiger partial charge in [-0.2, -0.15) is 0 Å². The van der Waals surface area contributed by atoms with Gasteiger partial charge >= 0.3 is 5.97 Å². The maximum absolute atomic E-state index is 12.4. The van der Waals surface area contributed by atoms with E-state index >= 15 is 0 Å². The summed E-state index contributed by atoms with van der Waals surface area (Å²) in [5.41, 5.74) is 3.04. The smallest absolute Gasteiger partial charge is 0.309 e. The predicted molar refractivity (Wildman–Crippen MR) is 91.7 cm³/mol. The molecule has 6 nitrogen and oxygen atoms in total. The number of anilines is 1. The van der Waals surface area contributed by atoms with Gasteiger partial charge in [-0.05, 0) is 31.0 Å². The van der Waals surface area contributed by atoms with E-state index in [1.54, 1.807) is 5.38 Å². The number of hydrogen-bond acceptors (Lipinski definition) is 5. The largest absolute Gasteiger partial charge is 0.481 e. The summed E-state index contributed by atoms with van der Waals surface area (Å²) >= 11 is 1.19. The van der Waals surface area contributed by atoms with Crippen molar-refractivity contribution in [2.75, 3.05) is 5.32 Å². The molecule has 0 unspecified atom stereocenters. The number of carbonyl (C=O) groups is 2. The van der Waals surface area contributed by atoms with Gasteiger partial charge < -0.3 is 9.52 Å². The number of furan rings is 1. The Bertz CT molecular complexity index is 926. The minimum atomic E-state index is -0.960. The van der Waals surface area contributed by atoms with E-state index < -0.39 is 11.9 Å². The molecule has 3 rings (SSSR count). The zero-order valence-corrected chi connectivity index (χ0v) is 14.1. The minimum absolute atomic E-state index is 0.171. The van der Waals surface area contributed by atoms with Gasteiger partial charge in [0.25, 0.3) is 5.91 Å². The van der Waals surface area contributed by atoms with E-state index in [0.29, 0.717) is 16.4 Å². The van der Waals surface area contributed by atoms with Gasteiger partial charge in [-0.15, -0.1) is 11.3 Å². The van der Waals surface area contributed by atoms with Crippen molar-refractivity contribution in [3.8, 4) is 0 Å². The second kappa shape index (κ2) is 6.45. The van der Waals surface area contributed by atoms with E-state index in [1.165, 1.54) is 16.9 Å². The van der Waals surface area contributed by atoms with Gasteiger partial charge in [-0.25, -0.2) is 4.98 Å². The molecule has 0 bridgehead atoms. The quantitative estimate of drug-likeness (QED) is 0.737. The predicted octanol–water partition coefficient (Wildman–Crippen LogP) is 3.64. The summed E-state index contributed by atoms with van der Waals surface area (Å²) < 4.78 is 5.67. The number of carboxylic acids is 1. The highest BCUT2D eigenvalue weighted by Crippen LogP contribution is 2.27. The number of thiazole rings is 1. The van der Waals surface area contributed by atoms with Gasteiger partial charge in [-0.3, -0.25) is 14.9 Å². The van der Waals surface area contributed by atoms with Gasteiger partial charge in [0.2, 0.25) is 0 Å². The molecule has 0 atom stereocenters. The van der Waals surface area contributed by atoms with Crippen molar-refractivity contribution in [1.29, 1.82) is 0 Å². The van der Waals surface area contributed by atoms with Crippen molar-refractivity contribution >= 4 is 39.3 Å². The van der Waals surface area contributed by atoms with E-state index in [0.717, 1.165) is 17.4 Å². The van der Waals surface area contributed by atoms with Crippen LogP contribution in [0.1, 0.15) is 34.3 Å². The van der Waals surface area contributed by atoms with Crippen LogP contribution in [0.2, 0.25) is 0 Å². The third-order valence-electron chi connectivity index (χ3n) is 3.72. The van der Waals surface area contributed by atoms with Crippen LogP contribution in [-0.4, -0.2) is 22.0 Å². The monoisotopic (exact) mass is 344 g/mol. The molecule has 24 heavy (non-hydrogen) atoms. The summed E-state index contributed by atoms with van der Waals surface area (Å²) in [6.07, 6.45) is 0.739. The summed E-state index contributed by atoms with van der Waals surface area (Å²) in [5.74, 6) is -1.11. The van der Waals surface area contributed by atoms with Crippen molar-refractivity contribution in [3.05, 3.63) is 46.2 Å². The van der Waals surface area contributed by atoms with Crippen molar-refractivity contribution in [3.63, 3.8) is 0 Å². The third kappa shape index (κ3) is 3.16. The Balaban J connectivity index is 1.84. The molecule has 3 aromatic rings. The van der Waals surface area contributed by atoms with Crippen LogP contribution >= 0.6 is 11.3 Å². The van der Waals surface area contributed by atoms with Crippen LogP contribution in [0.25, 0.3) is 11.0 Å². The second-order valence-electron chi connectivity index (χ2n) is 5.41. The number of nitrogens with one attached hydrogen (secondary N) is 1. The minimum Gasteiger partial charge on any atom is -0.481 e. The number of aliphatic carboxylic acids is 1. The molecule has 0 aliphatic rings. The average Bonchev–Trinajstić information content (AvgIpc) is 3.11. The topological polar surface area (TPSA) is 92.4 Å². The number of rotatable bonds is 5. The van der Waals surface area contributed by atoms with Gasteiger partial charge in [0.05, 0.1) is 12.1 Å². The molecule has 0 fully saturated rings. The highest BCUT2D eigenvalue weighted by molar-refractivity contribution is 7.14. The van der Waals surface area contributed by atoms with Crippen LogP contribution in [0, 0.1) is 6.92 Å². The fourth-order valence-corrected chi connectivity index (χ4v) is 3.16. The molecule has 0 aliphatic carbocycles. The lowest BCUT2D eigenvalue weighted by Crippen LogP contribution is -2.12. The van der Waals surface area contributed by atoms with Crippen LogP contribution in [0.3, 0.4) is 0 Å². The number of nitrogens with zero attached hydrogens (tertiary/aromatic N) is 1. The van der Waals surface area contributed by atoms with Gasteiger partial charge in [0.1, 0.15) is 5.58 Å². The molecule has 1 amide bonds. The molecule has 0 spiro atoms. The van der Waals surface area contributed by atoms with E-state index in [9.17, 15) is 9.59 Å². The molecule has 0 saturated carbocycles. The lowest BCUT2D eigenvalue weighted by atomic mass is 10.1. The third-order valence-corrected chi connectivity index (χ3v) is 4.53. The average molecular weight is 344 g/mol. The Hall–Kier alpha value is -2.67. The fourth-order valence-electron chi connectivity index (χ4n) is 2.46.